The van der Waals surface area contributed by atoms with Crippen molar-refractivity contribution in [2.24, 2.45) is 0 Å². The first-order chi connectivity index (χ1) is 16.0. The summed E-state index contributed by atoms with van der Waals surface area (Å²) in [4.78, 5) is 38.4. The van der Waals surface area contributed by atoms with Crippen LogP contribution in [-0.4, -0.2) is 99.0 Å². The van der Waals surface area contributed by atoms with E-state index in [9.17, 15) is 4.79 Å². The Morgan fingerprint density at radius 2 is 1.88 bits per heavy atom. The van der Waals surface area contributed by atoms with Crippen LogP contribution in [0.15, 0.2) is 30.5 Å². The summed E-state index contributed by atoms with van der Waals surface area (Å²) >= 11 is 0. The first kappa shape index (κ1) is 25.9. The second kappa shape index (κ2) is 13.3. The molecule has 2 aromatic heterocycles. The van der Waals surface area contributed by atoms with E-state index in [1.165, 1.54) is 6.42 Å². The summed E-state index contributed by atoms with van der Waals surface area (Å²) in [7, 11) is 0. The number of hydrogen-bond acceptors (Lipinski definition) is 7. The molecule has 2 aliphatic rings. The third-order valence-electron chi connectivity index (χ3n) is 5.58. The Kier molecular flexibility index (Phi) is 10.4. The van der Waals surface area contributed by atoms with E-state index >= 15 is 0 Å². The van der Waals surface area contributed by atoms with Crippen LogP contribution in [0.3, 0.4) is 0 Å². The molecule has 1 amide bonds. The average Bonchev–Trinajstić information content (AvgIpc) is 3.33. The number of aromatic amines is 1. The van der Waals surface area contributed by atoms with E-state index in [2.05, 4.69) is 27.0 Å². The van der Waals surface area contributed by atoms with Crippen molar-refractivity contribution in [2.75, 3.05) is 39.3 Å². The van der Waals surface area contributed by atoms with Gasteiger partial charge in [0.1, 0.15) is 11.4 Å². The van der Waals surface area contributed by atoms with E-state index in [0.717, 1.165) is 38.2 Å². The Bertz CT molecular complexity index is 861. The maximum absolute atomic E-state index is 13.0. The van der Waals surface area contributed by atoms with Crippen LogP contribution in [0.2, 0.25) is 0 Å². The lowest BCUT2D eigenvalue weighted by atomic mass is 9.89. The lowest BCUT2D eigenvalue weighted by molar-refractivity contribution is -0.127. The molecule has 11 heteroatoms. The molecular weight excluding hydrogens is 430 g/mol. The summed E-state index contributed by atoms with van der Waals surface area (Å²) in [5, 5.41) is 20.9. The second-order valence-electron chi connectivity index (χ2n) is 7.69. The van der Waals surface area contributed by atoms with Crippen molar-refractivity contribution in [3.63, 3.8) is 0 Å². The third kappa shape index (κ3) is 7.36. The van der Waals surface area contributed by atoms with Gasteiger partial charge in [0, 0.05) is 25.8 Å². The molecule has 33 heavy (non-hydrogen) atoms. The first-order valence-corrected chi connectivity index (χ1v) is 10.8. The number of carboxylic acid groups (broad SMARTS) is 2. The standard InChI is InChI=1S/C20H27N5O2.2CH2O2/c1-2-9-24-10-6-20(7-11-24)15-25(12-13-27-20)19(26)18-14-17(22-23-18)16-5-3-4-8-21-16;2*2-1-3/h3-5,8,14H,2,6-7,9-13,15H2,1H3,(H,22,23);2*1H,(H,2,3). The van der Waals surface area contributed by atoms with E-state index in [1.54, 1.807) is 12.3 Å². The highest BCUT2D eigenvalue weighted by Crippen LogP contribution is 2.31. The van der Waals surface area contributed by atoms with E-state index in [-0.39, 0.29) is 24.5 Å². The largest absolute Gasteiger partial charge is 0.483 e. The van der Waals surface area contributed by atoms with Crippen molar-refractivity contribution in [1.82, 2.24) is 25.0 Å². The van der Waals surface area contributed by atoms with Gasteiger partial charge in [-0.25, -0.2) is 0 Å². The van der Waals surface area contributed by atoms with Gasteiger partial charge in [-0.1, -0.05) is 13.0 Å². The molecule has 180 valence electrons. The number of pyridine rings is 1. The predicted octanol–water partition coefficient (Wildman–Crippen LogP) is 1.59. The zero-order chi connectivity index (χ0) is 24.1. The van der Waals surface area contributed by atoms with Gasteiger partial charge in [-0.3, -0.25) is 24.5 Å². The molecule has 11 nitrogen and oxygen atoms in total. The number of H-pyrrole nitrogens is 1. The van der Waals surface area contributed by atoms with Crippen molar-refractivity contribution in [3.05, 3.63) is 36.2 Å². The van der Waals surface area contributed by atoms with Crippen LogP contribution in [-0.2, 0) is 14.3 Å². The minimum atomic E-state index is -0.250. The molecule has 0 saturated carbocycles. The molecule has 2 aliphatic heterocycles. The van der Waals surface area contributed by atoms with Crippen LogP contribution in [0, 0.1) is 0 Å². The second-order valence-corrected chi connectivity index (χ2v) is 7.69. The molecule has 2 saturated heterocycles. The molecular formula is C22H31N5O6. The molecule has 3 N–H and O–H groups in total. The highest BCUT2D eigenvalue weighted by Gasteiger charge is 2.41. The molecule has 0 unspecified atom stereocenters. The van der Waals surface area contributed by atoms with Gasteiger partial charge in [-0.05, 0) is 44.0 Å². The van der Waals surface area contributed by atoms with Crippen LogP contribution in [0.25, 0.3) is 11.4 Å². The van der Waals surface area contributed by atoms with Crippen LogP contribution in [0.5, 0.6) is 0 Å². The molecule has 0 bridgehead atoms. The number of likely N-dealkylation sites (tertiary alicyclic amines) is 1. The number of morpholine rings is 1. The minimum absolute atomic E-state index is 0.0108. The molecule has 1 spiro atoms. The monoisotopic (exact) mass is 461 g/mol. The van der Waals surface area contributed by atoms with Gasteiger partial charge in [-0.15, -0.1) is 0 Å². The molecule has 4 heterocycles. The average molecular weight is 462 g/mol. The highest BCUT2D eigenvalue weighted by molar-refractivity contribution is 5.93. The van der Waals surface area contributed by atoms with Crippen LogP contribution < -0.4 is 0 Å². The number of piperidine rings is 1. The fraction of sp³-hybridized carbons (Fsp3) is 0.500. The SMILES string of the molecule is CCCN1CCC2(CC1)CN(C(=O)c1cc(-c3ccccn3)n[nH]1)CCO2.O=CO.O=CO. The Morgan fingerprint density at radius 3 is 2.48 bits per heavy atom. The Morgan fingerprint density at radius 1 is 1.18 bits per heavy atom. The number of carbonyl (C=O) groups excluding carboxylic acids is 1. The Balaban J connectivity index is 0.000000582. The van der Waals surface area contributed by atoms with Crippen molar-refractivity contribution < 1.29 is 29.3 Å². The Labute approximate surface area is 192 Å². The summed E-state index contributed by atoms with van der Waals surface area (Å²) in [6.45, 7) is 6.82. The van der Waals surface area contributed by atoms with Gasteiger partial charge in [0.15, 0.2) is 0 Å². The molecule has 4 rings (SSSR count). The van der Waals surface area contributed by atoms with Crippen LogP contribution >= 0.6 is 0 Å². The third-order valence-corrected chi connectivity index (χ3v) is 5.58. The summed E-state index contributed by atoms with van der Waals surface area (Å²) in [5.74, 6) is -0.0108. The quantitative estimate of drug-likeness (QED) is 0.577. The molecule has 0 aromatic carbocycles. The molecule has 0 atom stereocenters. The number of nitrogens with one attached hydrogen (secondary N) is 1. The number of carbonyl (C=O) groups is 3. The predicted molar refractivity (Wildman–Crippen MR) is 120 cm³/mol. The van der Waals surface area contributed by atoms with E-state index in [4.69, 9.17) is 24.5 Å². The zero-order valence-corrected chi connectivity index (χ0v) is 18.7. The molecule has 0 radical (unpaired) electrons. The number of hydrogen-bond donors (Lipinski definition) is 3. The lowest BCUT2D eigenvalue weighted by Gasteiger charge is -2.47. The van der Waals surface area contributed by atoms with E-state index < -0.39 is 0 Å². The van der Waals surface area contributed by atoms with E-state index in [0.29, 0.717) is 31.1 Å². The summed E-state index contributed by atoms with van der Waals surface area (Å²) in [6, 6.07) is 7.45. The van der Waals surface area contributed by atoms with Gasteiger partial charge in [0.05, 0.1) is 24.4 Å². The molecule has 2 aromatic rings. The van der Waals surface area contributed by atoms with Gasteiger partial charge >= 0.3 is 0 Å². The van der Waals surface area contributed by atoms with Gasteiger partial charge < -0.3 is 24.7 Å². The number of rotatable bonds is 4. The smallest absolute Gasteiger partial charge is 0.290 e. The van der Waals surface area contributed by atoms with Crippen molar-refractivity contribution in [3.8, 4) is 11.4 Å². The van der Waals surface area contributed by atoms with Crippen LogP contribution in [0.1, 0.15) is 36.7 Å². The van der Waals surface area contributed by atoms with Crippen molar-refractivity contribution >= 4 is 18.9 Å². The highest BCUT2D eigenvalue weighted by atomic mass is 16.5. The number of amides is 1. The fourth-order valence-electron chi connectivity index (χ4n) is 4.07. The fourth-order valence-corrected chi connectivity index (χ4v) is 4.07. The van der Waals surface area contributed by atoms with Crippen molar-refractivity contribution in [2.45, 2.75) is 31.8 Å². The lowest BCUT2D eigenvalue weighted by Crippen LogP contribution is -2.58. The maximum Gasteiger partial charge on any atom is 0.290 e. The maximum atomic E-state index is 13.0. The minimum Gasteiger partial charge on any atom is -0.483 e. The topological polar surface area (TPSA) is 149 Å². The molecule has 0 aliphatic carbocycles. The van der Waals surface area contributed by atoms with Crippen molar-refractivity contribution in [1.29, 1.82) is 0 Å². The number of aromatic nitrogens is 3. The normalized spacial score (nSPS) is 17.2. The summed E-state index contributed by atoms with van der Waals surface area (Å²) in [5.41, 5.74) is 1.77. The number of nitrogens with zero attached hydrogens (tertiary/aromatic N) is 4. The van der Waals surface area contributed by atoms with Gasteiger partial charge in [0.25, 0.3) is 18.9 Å². The molecule has 2 fully saturated rings. The summed E-state index contributed by atoms with van der Waals surface area (Å²) < 4.78 is 6.17. The van der Waals surface area contributed by atoms with E-state index in [1.807, 2.05) is 23.1 Å². The zero-order valence-electron chi connectivity index (χ0n) is 18.7. The Hall–Kier alpha value is -3.31. The first-order valence-electron chi connectivity index (χ1n) is 10.8. The number of ether oxygens (including phenoxy) is 1. The van der Waals surface area contributed by atoms with Gasteiger partial charge in [-0.2, -0.15) is 5.10 Å². The summed E-state index contributed by atoms with van der Waals surface area (Å²) in [6.07, 6.45) is 4.87. The van der Waals surface area contributed by atoms with Crippen LogP contribution in [0.4, 0.5) is 0 Å². The van der Waals surface area contributed by atoms with Gasteiger partial charge in [0.2, 0.25) is 0 Å².